The fourth-order valence-corrected chi connectivity index (χ4v) is 1.60. The van der Waals surface area contributed by atoms with Gasteiger partial charge in [-0.2, -0.15) is 0 Å². The first-order valence-corrected chi connectivity index (χ1v) is 5.15. The first kappa shape index (κ1) is 13.7. The predicted molar refractivity (Wildman–Crippen MR) is 60.6 cm³/mol. The maximum absolute atomic E-state index is 10.9. The normalized spacial score (nSPS) is 11.8. The molecule has 0 bridgehead atoms. The van der Waals surface area contributed by atoms with Gasteiger partial charge in [0.05, 0.1) is 12.3 Å². The maximum Gasteiger partial charge on any atom is 0.307 e. The highest BCUT2D eigenvalue weighted by atomic mass is 16.4. The highest BCUT2D eigenvalue weighted by molar-refractivity contribution is 5.80. The van der Waals surface area contributed by atoms with E-state index < -0.39 is 24.3 Å². The van der Waals surface area contributed by atoms with Crippen LogP contribution in [0.2, 0.25) is 0 Å². The van der Waals surface area contributed by atoms with Crippen molar-refractivity contribution in [1.82, 2.24) is 0 Å². The van der Waals surface area contributed by atoms with Crippen LogP contribution in [0.4, 0.5) is 0 Å². The van der Waals surface area contributed by atoms with Crippen molar-refractivity contribution in [1.29, 1.82) is 0 Å². The fraction of sp³-hybridized carbons (Fsp3) is 0.250. The Morgan fingerprint density at radius 3 is 2.44 bits per heavy atom. The molecule has 0 unspecified atom stereocenters. The van der Waals surface area contributed by atoms with Crippen molar-refractivity contribution in [2.24, 2.45) is 5.92 Å². The standard InChI is InChI=1S/C12H12O6/c13-6-9-4-10(14)2-1-7(9)3-8(12(17)18)5-11(15)16/h1-2,4,6,8,14H,3,5H2,(H,15,16)(H,17,18)/t8-/m0/s1. The Kier molecular flexibility index (Phi) is 4.42. The molecule has 0 aliphatic rings. The Morgan fingerprint density at radius 1 is 1.28 bits per heavy atom. The zero-order valence-electron chi connectivity index (χ0n) is 9.37. The molecule has 1 aromatic carbocycles. The van der Waals surface area contributed by atoms with Crippen LogP contribution in [0.3, 0.4) is 0 Å². The lowest BCUT2D eigenvalue weighted by atomic mass is 9.93. The Morgan fingerprint density at radius 2 is 1.94 bits per heavy atom. The van der Waals surface area contributed by atoms with E-state index in [1.54, 1.807) is 0 Å². The van der Waals surface area contributed by atoms with Crippen LogP contribution in [-0.4, -0.2) is 33.5 Å². The number of carboxylic acids is 2. The molecule has 6 nitrogen and oxygen atoms in total. The number of carbonyl (C=O) groups is 3. The van der Waals surface area contributed by atoms with Crippen LogP contribution in [0.1, 0.15) is 22.3 Å². The molecule has 0 aromatic heterocycles. The van der Waals surface area contributed by atoms with Crippen LogP contribution in [0, 0.1) is 5.92 Å². The highest BCUT2D eigenvalue weighted by Gasteiger charge is 2.22. The molecule has 0 radical (unpaired) electrons. The number of carboxylic acid groups (broad SMARTS) is 2. The minimum atomic E-state index is -1.23. The minimum Gasteiger partial charge on any atom is -0.508 e. The number of aliphatic carboxylic acids is 2. The van der Waals surface area contributed by atoms with Gasteiger partial charge >= 0.3 is 11.9 Å². The SMILES string of the molecule is O=Cc1cc(O)ccc1C[C@@H](CC(=O)O)C(=O)O. The molecular formula is C12H12O6. The van der Waals surface area contributed by atoms with Crippen molar-refractivity contribution < 1.29 is 29.7 Å². The van der Waals surface area contributed by atoms with Gasteiger partial charge in [-0.3, -0.25) is 14.4 Å². The van der Waals surface area contributed by atoms with Crippen LogP contribution < -0.4 is 0 Å². The van der Waals surface area contributed by atoms with E-state index in [1.165, 1.54) is 18.2 Å². The average Bonchev–Trinajstić information content (AvgIpc) is 2.29. The van der Waals surface area contributed by atoms with Gasteiger partial charge in [0, 0.05) is 5.56 Å². The van der Waals surface area contributed by atoms with Crippen LogP contribution >= 0.6 is 0 Å². The van der Waals surface area contributed by atoms with Gasteiger partial charge in [0.1, 0.15) is 12.0 Å². The van der Waals surface area contributed by atoms with Gasteiger partial charge in [0.2, 0.25) is 0 Å². The maximum atomic E-state index is 10.9. The number of benzene rings is 1. The molecule has 18 heavy (non-hydrogen) atoms. The minimum absolute atomic E-state index is 0.0734. The van der Waals surface area contributed by atoms with Gasteiger partial charge in [0.15, 0.2) is 0 Å². The number of aromatic hydroxyl groups is 1. The molecule has 0 aliphatic heterocycles. The molecule has 96 valence electrons. The molecule has 0 saturated heterocycles. The molecule has 0 spiro atoms. The molecule has 0 heterocycles. The fourth-order valence-electron chi connectivity index (χ4n) is 1.60. The Hall–Kier alpha value is -2.37. The average molecular weight is 252 g/mol. The second kappa shape index (κ2) is 5.81. The molecular weight excluding hydrogens is 240 g/mol. The summed E-state index contributed by atoms with van der Waals surface area (Å²) in [5.74, 6) is -3.66. The summed E-state index contributed by atoms with van der Waals surface area (Å²) in [7, 11) is 0. The second-order valence-corrected chi connectivity index (χ2v) is 3.84. The summed E-state index contributed by atoms with van der Waals surface area (Å²) >= 11 is 0. The van der Waals surface area contributed by atoms with Crippen molar-refractivity contribution in [3.05, 3.63) is 29.3 Å². The van der Waals surface area contributed by atoms with E-state index in [0.29, 0.717) is 11.8 Å². The van der Waals surface area contributed by atoms with E-state index in [1.807, 2.05) is 0 Å². The molecule has 0 amide bonds. The van der Waals surface area contributed by atoms with Crippen LogP contribution in [0.15, 0.2) is 18.2 Å². The van der Waals surface area contributed by atoms with Crippen LogP contribution in [-0.2, 0) is 16.0 Å². The third kappa shape index (κ3) is 3.58. The van der Waals surface area contributed by atoms with E-state index >= 15 is 0 Å². The zero-order valence-corrected chi connectivity index (χ0v) is 9.37. The largest absolute Gasteiger partial charge is 0.508 e. The lowest BCUT2D eigenvalue weighted by Crippen LogP contribution is -2.20. The first-order valence-electron chi connectivity index (χ1n) is 5.15. The summed E-state index contributed by atoms with van der Waals surface area (Å²) in [4.78, 5) is 32.2. The number of hydrogen-bond donors (Lipinski definition) is 3. The topological polar surface area (TPSA) is 112 Å². The Bertz CT molecular complexity index is 479. The molecule has 3 N–H and O–H groups in total. The summed E-state index contributed by atoms with van der Waals surface area (Å²) in [5.41, 5.74) is 0.558. The Labute approximate surface area is 102 Å². The van der Waals surface area contributed by atoms with Gasteiger partial charge in [-0.15, -0.1) is 0 Å². The number of phenols is 1. The smallest absolute Gasteiger partial charge is 0.307 e. The van der Waals surface area contributed by atoms with Crippen LogP contribution in [0.25, 0.3) is 0 Å². The quantitative estimate of drug-likeness (QED) is 0.649. The van der Waals surface area contributed by atoms with Gasteiger partial charge in [0.25, 0.3) is 0 Å². The first-order chi connectivity index (χ1) is 8.43. The van der Waals surface area contributed by atoms with Gasteiger partial charge in [-0.05, 0) is 24.1 Å². The van der Waals surface area contributed by atoms with Crippen molar-refractivity contribution >= 4 is 18.2 Å². The van der Waals surface area contributed by atoms with E-state index in [-0.39, 0.29) is 17.7 Å². The highest BCUT2D eigenvalue weighted by Crippen LogP contribution is 2.20. The summed E-state index contributed by atoms with van der Waals surface area (Å²) in [6.45, 7) is 0. The van der Waals surface area contributed by atoms with E-state index in [0.717, 1.165) is 0 Å². The molecule has 0 saturated carbocycles. The number of phenolic OH excluding ortho intramolecular Hbond substituents is 1. The molecule has 0 aliphatic carbocycles. The number of rotatable bonds is 6. The lowest BCUT2D eigenvalue weighted by Gasteiger charge is -2.11. The molecule has 1 rings (SSSR count). The summed E-state index contributed by atoms with van der Waals surface area (Å²) in [6.07, 6.45) is -0.0980. The molecule has 1 atom stereocenters. The zero-order chi connectivity index (χ0) is 13.7. The molecule has 1 aromatic rings. The third-order valence-electron chi connectivity index (χ3n) is 2.49. The van der Waals surface area contributed by atoms with Crippen molar-refractivity contribution in [2.45, 2.75) is 12.8 Å². The van der Waals surface area contributed by atoms with Crippen molar-refractivity contribution in [3.8, 4) is 5.75 Å². The number of hydrogen-bond acceptors (Lipinski definition) is 4. The van der Waals surface area contributed by atoms with Gasteiger partial charge in [-0.25, -0.2) is 0 Å². The second-order valence-electron chi connectivity index (χ2n) is 3.84. The van der Waals surface area contributed by atoms with E-state index in [9.17, 15) is 19.5 Å². The lowest BCUT2D eigenvalue weighted by molar-refractivity contribution is -0.148. The summed E-state index contributed by atoms with van der Waals surface area (Å²) in [6, 6.07) is 3.95. The van der Waals surface area contributed by atoms with Crippen molar-refractivity contribution in [2.75, 3.05) is 0 Å². The monoisotopic (exact) mass is 252 g/mol. The molecule has 6 heteroatoms. The van der Waals surface area contributed by atoms with E-state index in [2.05, 4.69) is 0 Å². The summed E-state index contributed by atoms with van der Waals surface area (Å²) in [5, 5.41) is 26.7. The van der Waals surface area contributed by atoms with Crippen LogP contribution in [0.5, 0.6) is 5.75 Å². The predicted octanol–water partition coefficient (Wildman–Crippen LogP) is 0.923. The van der Waals surface area contributed by atoms with Gasteiger partial charge in [-0.1, -0.05) is 6.07 Å². The number of carbonyl (C=O) groups excluding carboxylic acids is 1. The van der Waals surface area contributed by atoms with E-state index in [4.69, 9.17) is 10.2 Å². The van der Waals surface area contributed by atoms with Crippen molar-refractivity contribution in [3.63, 3.8) is 0 Å². The summed E-state index contributed by atoms with van der Waals surface area (Å²) < 4.78 is 0. The number of aldehydes is 1. The molecule has 0 fully saturated rings. The third-order valence-corrected chi connectivity index (χ3v) is 2.49. The van der Waals surface area contributed by atoms with Gasteiger partial charge < -0.3 is 15.3 Å². The Balaban J connectivity index is 2.96.